The minimum Gasteiger partial charge on any atom is -0.463 e. The molecule has 16 nitrogen and oxygen atoms in total. The van der Waals surface area contributed by atoms with E-state index in [1.807, 2.05) is 0 Å². The monoisotopic (exact) mass is 1430 g/mol. The smallest absolute Gasteiger partial charge is 0.463 e. The molecular weight excluding hydrogens is 1290 g/mol. The molecule has 0 saturated heterocycles. The molecular formula is C81H138O16P2. The number of hydrogen-bond acceptors (Lipinski definition) is 14. The Morgan fingerprint density at radius 2 is 0.505 bits per heavy atom. The van der Waals surface area contributed by atoms with Crippen LogP contribution in [0.3, 0.4) is 0 Å². The van der Waals surface area contributed by atoms with Crippen LogP contribution < -0.4 is 0 Å². The number of rotatable bonds is 72. The number of ether oxygens (including phenoxy) is 3. The van der Waals surface area contributed by atoms with Crippen molar-refractivity contribution in [2.24, 2.45) is 0 Å². The highest BCUT2D eigenvalue weighted by Gasteiger charge is 2.29. The van der Waals surface area contributed by atoms with Crippen LogP contribution in [0.2, 0.25) is 0 Å². The molecule has 0 fully saturated rings. The van der Waals surface area contributed by atoms with Gasteiger partial charge in [-0.25, -0.2) is 9.13 Å². The second-order valence-electron chi connectivity index (χ2n) is 25.4. The van der Waals surface area contributed by atoms with E-state index in [4.69, 9.17) is 32.3 Å². The van der Waals surface area contributed by atoms with Gasteiger partial charge in [-0.2, -0.15) is 0 Å². The summed E-state index contributed by atoms with van der Waals surface area (Å²) < 4.78 is 61.1. The van der Waals surface area contributed by atoms with Gasteiger partial charge in [0.1, 0.15) is 25.4 Å². The molecule has 0 spiro atoms. The summed E-state index contributed by atoms with van der Waals surface area (Å²) in [5.74, 6) is -1.62. The summed E-state index contributed by atoms with van der Waals surface area (Å²) in [6.45, 7) is 2.55. The lowest BCUT2D eigenvalue weighted by Crippen LogP contribution is -2.30. The van der Waals surface area contributed by atoms with Crippen LogP contribution in [0.25, 0.3) is 0 Å². The van der Waals surface area contributed by atoms with Gasteiger partial charge in [-0.05, 0) is 148 Å². The molecule has 0 aliphatic carbocycles. The molecule has 568 valence electrons. The van der Waals surface area contributed by atoms with Crippen LogP contribution in [0.4, 0.5) is 0 Å². The van der Waals surface area contributed by atoms with E-state index in [1.54, 1.807) is 0 Å². The van der Waals surface area contributed by atoms with Gasteiger partial charge in [0.25, 0.3) is 0 Å². The summed E-state index contributed by atoms with van der Waals surface area (Å²) in [4.78, 5) is 58.6. The van der Waals surface area contributed by atoms with Gasteiger partial charge in [0.2, 0.25) is 0 Å². The first-order valence-corrected chi connectivity index (χ1v) is 41.5. The summed E-state index contributed by atoms with van der Waals surface area (Å²) in [6.07, 6.45) is 87.6. The first kappa shape index (κ1) is 94.7. The molecule has 0 radical (unpaired) electrons. The summed E-state index contributed by atoms with van der Waals surface area (Å²) >= 11 is 0. The third kappa shape index (κ3) is 74.7. The summed E-state index contributed by atoms with van der Waals surface area (Å²) in [5, 5.41) is 20.6. The van der Waals surface area contributed by atoms with E-state index in [1.165, 1.54) is 70.6 Å². The Hall–Kier alpha value is -4.31. The maximum atomic E-state index is 13.0. The fraction of sp³-hybridized carbons (Fsp3) is 0.691. The Kier molecular flexibility index (Phi) is 70.2. The number of carbonyl (C=O) groups is 3. The Bertz CT molecular complexity index is 2330. The summed E-state index contributed by atoms with van der Waals surface area (Å²) in [6, 6.07) is 0. The number of phosphoric acid groups is 2. The first-order valence-electron chi connectivity index (χ1n) is 38.5. The van der Waals surface area contributed by atoms with Crippen molar-refractivity contribution in [1.82, 2.24) is 0 Å². The molecule has 4 N–H and O–H groups in total. The minimum absolute atomic E-state index is 0.0816. The molecule has 18 heteroatoms. The van der Waals surface area contributed by atoms with E-state index in [-0.39, 0.29) is 19.3 Å². The number of carbonyl (C=O) groups excluding carboxylic acids is 3. The SMILES string of the molecule is CCCCC/C=C\C/C=C\C/C=C\C/C=C\CCCCCCCCCC(=O)OCC(O)COP(=O)(O)OCC(O)COP(=O)(O)OCC(COC(=O)CCCCCCC/C=C\C/C=C\C/C=C\C/C=C\CCCCC)OC(=O)CCCCCCCC/C=C\C/C=C\C/C=C\CCCCC. The normalized spacial score (nSPS) is 14.8. The zero-order chi connectivity index (χ0) is 72.3. The van der Waals surface area contributed by atoms with Gasteiger partial charge in [-0.3, -0.25) is 32.5 Å². The van der Waals surface area contributed by atoms with Crippen LogP contribution in [0.1, 0.15) is 303 Å². The van der Waals surface area contributed by atoms with Crippen LogP contribution in [0, 0.1) is 0 Å². The molecule has 0 heterocycles. The molecule has 0 rings (SSSR count). The van der Waals surface area contributed by atoms with Crippen molar-refractivity contribution in [1.29, 1.82) is 0 Å². The van der Waals surface area contributed by atoms with E-state index >= 15 is 0 Å². The molecule has 0 amide bonds. The lowest BCUT2D eigenvalue weighted by atomic mass is 10.1. The number of aliphatic hydroxyl groups excluding tert-OH is 2. The van der Waals surface area contributed by atoms with Crippen molar-refractivity contribution in [2.45, 2.75) is 322 Å². The van der Waals surface area contributed by atoms with Gasteiger partial charge in [0.15, 0.2) is 6.10 Å². The van der Waals surface area contributed by atoms with Gasteiger partial charge in [-0.1, -0.05) is 270 Å². The topological polar surface area (TPSA) is 231 Å². The highest BCUT2D eigenvalue weighted by Crippen LogP contribution is 2.45. The third-order valence-corrected chi connectivity index (χ3v) is 17.7. The lowest BCUT2D eigenvalue weighted by Gasteiger charge is -2.21. The number of aliphatic hydroxyl groups is 2. The third-order valence-electron chi connectivity index (χ3n) is 15.8. The van der Waals surface area contributed by atoms with Crippen LogP contribution in [0.5, 0.6) is 0 Å². The van der Waals surface area contributed by atoms with Crippen LogP contribution >= 0.6 is 15.6 Å². The number of phosphoric ester groups is 2. The maximum absolute atomic E-state index is 13.0. The zero-order valence-corrected chi connectivity index (χ0v) is 63.7. The van der Waals surface area contributed by atoms with Crippen molar-refractivity contribution in [2.75, 3.05) is 39.6 Å². The highest BCUT2D eigenvalue weighted by atomic mass is 31.2. The first-order chi connectivity index (χ1) is 48.2. The molecule has 5 unspecified atom stereocenters. The van der Waals surface area contributed by atoms with Crippen LogP contribution in [-0.4, -0.2) is 95.9 Å². The standard InChI is InChI=1S/C81H138O16P2/c1-4-7-10-13-16-19-22-25-28-31-34-36-37-39-42-43-46-49-52-55-58-61-64-67-79(84)91-70-76(82)71-93-98(87,88)94-72-77(83)73-95-99(89,90)96-75-78(97-81(86)69-66-63-60-57-54-51-48-45-40-33-30-27-24-21-18-15-12-9-6-3)74-92-80(85)68-65-62-59-56-53-50-47-44-41-38-35-32-29-26-23-20-17-14-11-8-5-2/h16-21,25-30,34-36,38-40,42,44-45,47,76-78,82-83H,4-15,22-24,31-33,37,41,43,46,48-75H2,1-3H3,(H,87,88)(H,89,90)/b19-16-,20-17-,21-18-,28-25-,29-26-,30-27-,36-34-,38-35-,42-39-,45-40-,47-44-. The molecule has 0 aromatic heterocycles. The van der Waals surface area contributed by atoms with Gasteiger partial charge >= 0.3 is 33.6 Å². The van der Waals surface area contributed by atoms with Crippen molar-refractivity contribution in [3.05, 3.63) is 134 Å². The second kappa shape index (κ2) is 73.4. The van der Waals surface area contributed by atoms with Gasteiger partial charge in [-0.15, -0.1) is 0 Å². The number of esters is 3. The Labute approximate surface area is 601 Å². The summed E-state index contributed by atoms with van der Waals surface area (Å²) in [5.41, 5.74) is 0. The van der Waals surface area contributed by atoms with E-state index < -0.39 is 91.5 Å². The van der Waals surface area contributed by atoms with Crippen molar-refractivity contribution in [3.63, 3.8) is 0 Å². The van der Waals surface area contributed by atoms with Gasteiger partial charge in [0, 0.05) is 19.3 Å². The molecule has 0 aromatic carbocycles. The average molecular weight is 1430 g/mol. The molecule has 0 aliphatic heterocycles. The largest absolute Gasteiger partial charge is 0.472 e. The highest BCUT2D eigenvalue weighted by molar-refractivity contribution is 7.47. The van der Waals surface area contributed by atoms with Gasteiger partial charge in [0.05, 0.1) is 26.4 Å². The minimum atomic E-state index is -4.94. The second-order valence-corrected chi connectivity index (χ2v) is 28.4. The van der Waals surface area contributed by atoms with Crippen molar-refractivity contribution >= 4 is 33.6 Å². The quantitative estimate of drug-likeness (QED) is 0.0146. The van der Waals surface area contributed by atoms with E-state index in [0.717, 1.165) is 173 Å². The molecule has 0 aromatic rings. The molecule has 0 bridgehead atoms. The maximum Gasteiger partial charge on any atom is 0.472 e. The molecule has 0 saturated carbocycles. The predicted molar refractivity (Wildman–Crippen MR) is 408 cm³/mol. The number of hydrogen-bond donors (Lipinski definition) is 4. The Morgan fingerprint density at radius 3 is 0.798 bits per heavy atom. The van der Waals surface area contributed by atoms with E-state index in [2.05, 4.69) is 154 Å². The van der Waals surface area contributed by atoms with Crippen molar-refractivity contribution in [3.8, 4) is 0 Å². The van der Waals surface area contributed by atoms with E-state index in [9.17, 15) is 43.5 Å². The fourth-order valence-electron chi connectivity index (χ4n) is 9.90. The predicted octanol–water partition coefficient (Wildman–Crippen LogP) is 22.3. The average Bonchev–Trinajstić information content (AvgIpc) is 2.30. The van der Waals surface area contributed by atoms with Crippen molar-refractivity contribution < 1.29 is 75.8 Å². The van der Waals surface area contributed by atoms with Crippen LogP contribution in [-0.2, 0) is 55.8 Å². The summed E-state index contributed by atoms with van der Waals surface area (Å²) in [7, 11) is -9.81. The molecule has 5 atom stereocenters. The molecule has 99 heavy (non-hydrogen) atoms. The number of allylic oxidation sites excluding steroid dienone is 22. The molecule has 0 aliphatic rings. The van der Waals surface area contributed by atoms with E-state index in [0.29, 0.717) is 19.3 Å². The Balaban J connectivity index is 4.73. The zero-order valence-electron chi connectivity index (χ0n) is 61.9. The Morgan fingerprint density at radius 1 is 0.283 bits per heavy atom. The van der Waals surface area contributed by atoms with Crippen LogP contribution in [0.15, 0.2) is 134 Å². The fourth-order valence-corrected chi connectivity index (χ4v) is 11.5. The van der Waals surface area contributed by atoms with Gasteiger partial charge < -0.3 is 34.2 Å². The lowest BCUT2D eigenvalue weighted by molar-refractivity contribution is -0.161. The number of unbranched alkanes of at least 4 members (excludes halogenated alkanes) is 27.